The summed E-state index contributed by atoms with van der Waals surface area (Å²) in [5, 5.41) is 10.1. The number of hydrogen-bond donors (Lipinski definition) is 2. The highest BCUT2D eigenvalue weighted by Gasteiger charge is 2.60. The fourth-order valence-corrected chi connectivity index (χ4v) is 4.78. The molecule has 0 aromatic heterocycles. The molecule has 0 saturated heterocycles. The van der Waals surface area contributed by atoms with E-state index in [9.17, 15) is 5.11 Å². The third-order valence-electron chi connectivity index (χ3n) is 6.20. The minimum atomic E-state index is -0.645. The summed E-state index contributed by atoms with van der Waals surface area (Å²) in [6.07, 6.45) is 4.16. The van der Waals surface area contributed by atoms with Gasteiger partial charge in [-0.2, -0.15) is 0 Å². The first-order chi connectivity index (χ1) is 12.4. The minimum absolute atomic E-state index is 0.0897. The van der Waals surface area contributed by atoms with Crippen molar-refractivity contribution in [3.63, 3.8) is 0 Å². The first kappa shape index (κ1) is 17.5. The Morgan fingerprint density at radius 2 is 2.00 bits per heavy atom. The van der Waals surface area contributed by atoms with Crippen molar-refractivity contribution < 1.29 is 9.84 Å². The van der Waals surface area contributed by atoms with Gasteiger partial charge in [0.25, 0.3) is 0 Å². The number of aliphatic hydroxyl groups is 1. The largest absolute Gasteiger partial charge is 0.493 e. The van der Waals surface area contributed by atoms with Gasteiger partial charge in [0.2, 0.25) is 0 Å². The Labute approximate surface area is 155 Å². The highest BCUT2D eigenvalue weighted by molar-refractivity contribution is 6.41. The zero-order chi connectivity index (χ0) is 18.5. The van der Waals surface area contributed by atoms with Gasteiger partial charge in [0.05, 0.1) is 18.4 Å². The summed E-state index contributed by atoms with van der Waals surface area (Å²) in [7, 11) is 0. The number of fused-ring (bicyclic) bond motifs is 3. The van der Waals surface area contributed by atoms with Crippen LogP contribution in [0.3, 0.4) is 0 Å². The molecule has 1 aromatic carbocycles. The van der Waals surface area contributed by atoms with E-state index in [0.29, 0.717) is 18.4 Å². The molecule has 3 aliphatic rings. The molecule has 1 aromatic rings. The molecule has 0 radical (unpaired) electrons. The number of nitrogens with two attached hydrogens (primary N) is 1. The van der Waals surface area contributed by atoms with Gasteiger partial charge in [0.15, 0.2) is 5.66 Å². The van der Waals surface area contributed by atoms with Crippen molar-refractivity contribution in [3.05, 3.63) is 29.3 Å². The van der Waals surface area contributed by atoms with Gasteiger partial charge in [0, 0.05) is 11.0 Å². The van der Waals surface area contributed by atoms with Crippen molar-refractivity contribution in [1.29, 1.82) is 0 Å². The van der Waals surface area contributed by atoms with Crippen LogP contribution in [-0.2, 0) is 12.1 Å². The molecule has 4 rings (SSSR count). The lowest BCUT2D eigenvalue weighted by molar-refractivity contribution is 0.0233. The molecule has 2 aliphatic carbocycles. The molecule has 26 heavy (non-hydrogen) atoms. The maximum absolute atomic E-state index is 10.1. The Morgan fingerprint density at radius 3 is 2.62 bits per heavy atom. The average Bonchev–Trinajstić information content (AvgIpc) is 3.04. The number of amidine groups is 1. The molecule has 0 bridgehead atoms. The van der Waals surface area contributed by atoms with Crippen molar-refractivity contribution in [2.24, 2.45) is 27.1 Å². The Balaban J connectivity index is 1.79. The first-order valence-corrected chi connectivity index (χ1v) is 9.72. The Bertz CT molecular complexity index is 755. The zero-order valence-electron chi connectivity index (χ0n) is 16.0. The quantitative estimate of drug-likeness (QED) is 0.874. The summed E-state index contributed by atoms with van der Waals surface area (Å²) in [6, 6.07) is 6.35. The molecular formula is C21H29N3O2. The minimum Gasteiger partial charge on any atom is -0.493 e. The van der Waals surface area contributed by atoms with Crippen molar-refractivity contribution in [2.75, 3.05) is 6.61 Å². The van der Waals surface area contributed by atoms with Crippen molar-refractivity contribution in [3.8, 4) is 5.75 Å². The summed E-state index contributed by atoms with van der Waals surface area (Å²) < 4.78 is 5.97. The van der Waals surface area contributed by atoms with Gasteiger partial charge in [-0.05, 0) is 62.6 Å². The van der Waals surface area contributed by atoms with E-state index in [1.807, 2.05) is 6.92 Å². The van der Waals surface area contributed by atoms with Gasteiger partial charge >= 0.3 is 0 Å². The van der Waals surface area contributed by atoms with Gasteiger partial charge in [-0.15, -0.1) is 0 Å². The highest BCUT2D eigenvalue weighted by Crippen LogP contribution is 2.61. The Kier molecular flexibility index (Phi) is 4.10. The SMILES string of the molecule is CC1=N[C@@]2(N=C1N)c1cc(OCC(C)C)ccc1CC21CCC(O)CC1. The van der Waals surface area contributed by atoms with Gasteiger partial charge in [-0.3, -0.25) is 4.99 Å². The lowest BCUT2D eigenvalue weighted by atomic mass is 9.65. The second-order valence-electron chi connectivity index (χ2n) is 8.58. The molecule has 140 valence electrons. The molecule has 1 fully saturated rings. The Morgan fingerprint density at radius 1 is 1.27 bits per heavy atom. The van der Waals surface area contributed by atoms with Gasteiger partial charge in [0.1, 0.15) is 11.6 Å². The molecule has 1 heterocycles. The number of benzene rings is 1. The van der Waals surface area contributed by atoms with Crippen LogP contribution in [0.1, 0.15) is 57.6 Å². The predicted octanol–water partition coefficient (Wildman–Crippen LogP) is 3.18. The van der Waals surface area contributed by atoms with E-state index in [4.69, 9.17) is 20.5 Å². The topological polar surface area (TPSA) is 80.2 Å². The van der Waals surface area contributed by atoms with Crippen LogP contribution in [0.2, 0.25) is 0 Å². The number of aliphatic imine (C=N–C) groups is 2. The number of rotatable bonds is 3. The second kappa shape index (κ2) is 6.08. The zero-order valence-corrected chi connectivity index (χ0v) is 16.0. The van der Waals surface area contributed by atoms with Crippen LogP contribution in [-0.4, -0.2) is 29.4 Å². The van der Waals surface area contributed by atoms with Crippen LogP contribution in [0.5, 0.6) is 5.75 Å². The third kappa shape index (κ3) is 2.56. The molecule has 2 spiro atoms. The number of ether oxygens (including phenoxy) is 1. The van der Waals surface area contributed by atoms with Gasteiger partial charge < -0.3 is 15.6 Å². The molecule has 1 atom stereocenters. The van der Waals surface area contributed by atoms with Crippen LogP contribution in [0, 0.1) is 11.3 Å². The highest BCUT2D eigenvalue weighted by atomic mass is 16.5. The number of hydrogen-bond acceptors (Lipinski definition) is 5. The fourth-order valence-electron chi connectivity index (χ4n) is 4.78. The summed E-state index contributed by atoms with van der Waals surface area (Å²) in [5.74, 6) is 1.89. The maximum atomic E-state index is 10.1. The molecule has 1 saturated carbocycles. The van der Waals surface area contributed by atoms with Crippen LogP contribution in [0.4, 0.5) is 0 Å². The van der Waals surface area contributed by atoms with E-state index in [1.165, 1.54) is 5.56 Å². The van der Waals surface area contributed by atoms with Crippen molar-refractivity contribution in [2.45, 2.75) is 64.6 Å². The molecule has 3 N–H and O–H groups in total. The average molecular weight is 355 g/mol. The van der Waals surface area contributed by atoms with Crippen molar-refractivity contribution in [1.82, 2.24) is 0 Å². The van der Waals surface area contributed by atoms with E-state index >= 15 is 0 Å². The molecule has 0 amide bonds. The van der Waals surface area contributed by atoms with E-state index < -0.39 is 5.66 Å². The van der Waals surface area contributed by atoms with E-state index in [0.717, 1.165) is 49.1 Å². The second-order valence-corrected chi connectivity index (χ2v) is 8.58. The predicted molar refractivity (Wildman–Crippen MR) is 104 cm³/mol. The first-order valence-electron chi connectivity index (χ1n) is 9.72. The monoisotopic (exact) mass is 355 g/mol. The number of nitrogens with zero attached hydrogens (tertiary/aromatic N) is 2. The Hall–Kier alpha value is -1.88. The molecule has 0 unspecified atom stereocenters. The van der Waals surface area contributed by atoms with E-state index in [-0.39, 0.29) is 11.5 Å². The van der Waals surface area contributed by atoms with E-state index in [1.54, 1.807) is 0 Å². The van der Waals surface area contributed by atoms with Crippen LogP contribution >= 0.6 is 0 Å². The van der Waals surface area contributed by atoms with Gasteiger partial charge in [-0.25, -0.2) is 4.99 Å². The smallest absolute Gasteiger partial charge is 0.184 e. The number of aliphatic hydroxyl groups excluding tert-OH is 1. The summed E-state index contributed by atoms with van der Waals surface area (Å²) >= 11 is 0. The summed E-state index contributed by atoms with van der Waals surface area (Å²) in [4.78, 5) is 9.96. The van der Waals surface area contributed by atoms with Crippen LogP contribution < -0.4 is 10.5 Å². The molecule has 1 aliphatic heterocycles. The van der Waals surface area contributed by atoms with Gasteiger partial charge in [-0.1, -0.05) is 19.9 Å². The van der Waals surface area contributed by atoms with E-state index in [2.05, 4.69) is 32.0 Å². The maximum Gasteiger partial charge on any atom is 0.184 e. The summed E-state index contributed by atoms with van der Waals surface area (Å²) in [6.45, 7) is 6.92. The fraction of sp³-hybridized carbons (Fsp3) is 0.619. The molecular weight excluding hydrogens is 326 g/mol. The third-order valence-corrected chi connectivity index (χ3v) is 6.20. The van der Waals surface area contributed by atoms with Crippen molar-refractivity contribution >= 4 is 11.5 Å². The van der Waals surface area contributed by atoms with Crippen LogP contribution in [0.15, 0.2) is 28.2 Å². The normalized spacial score (nSPS) is 32.9. The lowest BCUT2D eigenvalue weighted by Gasteiger charge is -2.44. The molecule has 5 nitrogen and oxygen atoms in total. The van der Waals surface area contributed by atoms with Crippen LogP contribution in [0.25, 0.3) is 0 Å². The lowest BCUT2D eigenvalue weighted by Crippen LogP contribution is -2.43. The molecule has 5 heteroatoms. The summed E-state index contributed by atoms with van der Waals surface area (Å²) in [5.41, 5.74) is 8.68. The standard InChI is InChI=1S/C21H29N3O2/c1-13(2)12-26-17-5-4-15-11-20(8-6-16(25)7-9-20)21(18(15)10-17)23-14(3)19(22)24-21/h4-5,10,13,16,25H,6-9,11-12H2,1-3H3,(H2,22,24)/t16?,20?,21-/m1/s1.